The molecule has 0 bridgehead atoms. The smallest absolute Gasteiger partial charge is 1.00 e. The zero-order chi connectivity index (χ0) is 52.0. The Morgan fingerprint density at radius 1 is 0.455 bits per heavy atom. The molecule has 0 radical (unpaired) electrons. The summed E-state index contributed by atoms with van der Waals surface area (Å²) in [7, 11) is 7.39. The SMILES string of the molecule is Brc1cccnc1.C.C.O=CO[O-].OB(O)c1ccccc1.[Cl][Pd][Cl].[H-].[Na+].[Na+].c1ccc(-c2cccnc2)cc1.c1ccc(P(c2ccccc2)c2ccccc2)cc1.c1ccc(P(c2ccccc2)c2ccccc2)cc1. The minimum atomic E-state index is -1.34. The van der Waals surface area contributed by atoms with Crippen molar-refractivity contribution in [2.24, 2.45) is 0 Å². The molecule has 16 heteroatoms. The van der Waals surface area contributed by atoms with E-state index >= 15 is 0 Å². The summed E-state index contributed by atoms with van der Waals surface area (Å²) in [6.07, 6.45) is 7.15. The maximum atomic E-state index is 8.64. The molecule has 0 unspecified atom stereocenters. The van der Waals surface area contributed by atoms with Gasteiger partial charge < -0.3 is 21.6 Å². The molecule has 8 aromatic carbocycles. The van der Waals surface area contributed by atoms with E-state index < -0.39 is 23.0 Å². The van der Waals surface area contributed by atoms with Crippen molar-refractivity contribution in [1.82, 2.24) is 9.97 Å². The van der Waals surface area contributed by atoms with Crippen LogP contribution in [0.15, 0.2) is 296 Å². The predicted octanol–water partition coefficient (Wildman–Crippen LogP) is 6.05. The Morgan fingerprint density at radius 3 is 0.896 bits per heavy atom. The Balaban J connectivity index is 0. The monoisotopic (exact) mass is 1270 g/mol. The molecule has 2 aromatic heterocycles. The maximum Gasteiger partial charge on any atom is 1.00 e. The molecule has 0 atom stereocenters. The van der Waals surface area contributed by atoms with E-state index in [-0.39, 0.29) is 97.8 Å². The van der Waals surface area contributed by atoms with Gasteiger partial charge in [0.15, 0.2) is 0 Å². The summed E-state index contributed by atoms with van der Waals surface area (Å²) in [5.41, 5.74) is 2.90. The zero-order valence-electron chi connectivity index (χ0n) is 42.2. The van der Waals surface area contributed by atoms with Gasteiger partial charge in [0, 0.05) is 29.3 Å². The van der Waals surface area contributed by atoms with Crippen LogP contribution in [0.1, 0.15) is 16.3 Å². The van der Waals surface area contributed by atoms with E-state index in [2.05, 4.69) is 231 Å². The van der Waals surface area contributed by atoms with Crippen LogP contribution in [0.4, 0.5) is 0 Å². The normalized spacial score (nSPS) is 9.14. The summed E-state index contributed by atoms with van der Waals surface area (Å²) in [4.78, 5) is 19.1. The van der Waals surface area contributed by atoms with E-state index in [1.165, 1.54) is 37.4 Å². The van der Waals surface area contributed by atoms with Crippen LogP contribution < -0.4 is 102 Å². The molecule has 2 heterocycles. The first-order valence-corrected chi connectivity index (χ1v) is 29.7. The standard InChI is InChI=1S/2C18H15P.C11H9N.C6H7BO2.C5H4BrN.CH2O3.2CH4.2ClH.2Na.Pd.H/c2*1-4-10-16(11-5-1)19(17-12-6-2-7-13-17)18-14-8-3-9-15-18;1-2-5-10(6-3-1)11-7-4-8-12-9-11;8-7(9)6-4-2-1-3-5-6;6-5-2-1-3-7-4-5;2-1-4-3;;;;;;;;/h2*1-15H;1-9H;1-5,8-9H;1-4H;1,3H;2*1H4;2*1H;;;;/q;;;;;;;;;;2*+1;+2;-1/p-3. The van der Waals surface area contributed by atoms with Crippen LogP contribution in [0, 0.1) is 0 Å². The second kappa shape index (κ2) is 46.9. The Labute approximate surface area is 529 Å². The number of aromatic nitrogens is 2. The van der Waals surface area contributed by atoms with E-state index in [1.54, 1.807) is 42.9 Å². The van der Waals surface area contributed by atoms with Gasteiger partial charge in [-0.1, -0.05) is 264 Å². The van der Waals surface area contributed by atoms with Gasteiger partial charge >= 0.3 is 101 Å². The summed E-state index contributed by atoms with van der Waals surface area (Å²) < 4.78 is 1.02. The molecule has 390 valence electrons. The number of hydrogen-bond acceptors (Lipinski definition) is 7. The van der Waals surface area contributed by atoms with Gasteiger partial charge in [0.1, 0.15) is 0 Å². The Morgan fingerprint density at radius 2 is 0.701 bits per heavy atom. The van der Waals surface area contributed by atoms with Crippen molar-refractivity contribution in [3.63, 3.8) is 0 Å². The molecule has 77 heavy (non-hydrogen) atoms. The first kappa shape index (κ1) is 73.1. The minimum Gasteiger partial charge on any atom is -1.00 e. The number of pyridine rings is 2. The van der Waals surface area contributed by atoms with E-state index in [1.807, 2.05) is 48.7 Å². The summed E-state index contributed by atoms with van der Waals surface area (Å²) in [6.45, 7) is -0.181. The van der Waals surface area contributed by atoms with E-state index in [9.17, 15) is 0 Å². The van der Waals surface area contributed by atoms with Gasteiger partial charge in [-0.2, -0.15) is 0 Å². The molecule has 10 aromatic rings. The van der Waals surface area contributed by atoms with Crippen molar-refractivity contribution >= 4 is 102 Å². The number of carbonyl (C=O) groups excluding carboxylic acids is 1. The van der Waals surface area contributed by atoms with Crippen LogP contribution in [0.3, 0.4) is 0 Å². The molecule has 0 amide bonds. The van der Waals surface area contributed by atoms with Crippen molar-refractivity contribution in [3.05, 3.63) is 296 Å². The van der Waals surface area contributed by atoms with Gasteiger partial charge in [-0.15, -0.1) is 0 Å². The molecule has 7 nitrogen and oxygen atoms in total. The molecule has 0 fully saturated rings. The molecule has 0 spiro atoms. The van der Waals surface area contributed by atoms with Crippen LogP contribution in [-0.2, 0) is 25.6 Å². The molecule has 10 rings (SSSR count). The Hall–Kier alpha value is -3.94. The van der Waals surface area contributed by atoms with Crippen molar-refractivity contribution in [1.29, 1.82) is 0 Å². The third kappa shape index (κ3) is 29.7. The summed E-state index contributed by atoms with van der Waals surface area (Å²) in [5.74, 6) is 0. The second-order valence-electron chi connectivity index (χ2n) is 14.5. The van der Waals surface area contributed by atoms with Crippen molar-refractivity contribution < 1.29 is 101 Å². The quantitative estimate of drug-likeness (QED) is 0.0595. The predicted molar refractivity (Wildman–Crippen MR) is 322 cm³/mol. The van der Waals surface area contributed by atoms with Crippen molar-refractivity contribution in [2.45, 2.75) is 14.9 Å². The number of hydrogen-bond donors (Lipinski definition) is 2. The number of nitrogens with zero attached hydrogens (tertiary/aromatic N) is 2. The fourth-order valence-corrected chi connectivity index (χ4v) is 11.4. The van der Waals surface area contributed by atoms with E-state index in [4.69, 9.17) is 39.2 Å². The second-order valence-corrected chi connectivity index (χ2v) is 22.2. The van der Waals surface area contributed by atoms with Gasteiger partial charge in [-0.3, -0.25) is 14.8 Å². The summed E-state index contributed by atoms with van der Waals surface area (Å²) in [5, 5.41) is 34.0. The van der Waals surface area contributed by atoms with Gasteiger partial charge in [0.25, 0.3) is 6.47 Å². The van der Waals surface area contributed by atoms with Gasteiger partial charge in [-0.05, 0) is 98.4 Å². The maximum absolute atomic E-state index is 8.64. The average molecular weight is 1280 g/mol. The molecular weight excluding hydrogens is 1220 g/mol. The molecule has 0 aliphatic rings. The van der Waals surface area contributed by atoms with Gasteiger partial charge in [0.05, 0.1) is 0 Å². The van der Waals surface area contributed by atoms with Crippen LogP contribution in [0.2, 0.25) is 0 Å². The van der Waals surface area contributed by atoms with Crippen molar-refractivity contribution in [2.75, 3.05) is 0 Å². The fraction of sp³-hybridized carbons (Fsp3) is 0.0328. The van der Waals surface area contributed by atoms with Crippen LogP contribution in [0.25, 0.3) is 11.1 Å². The summed E-state index contributed by atoms with van der Waals surface area (Å²) in [6, 6.07) is 91.4. The average Bonchev–Trinajstić information content (AvgIpc) is 3.47. The summed E-state index contributed by atoms with van der Waals surface area (Å²) >= 11 is 3.14. The molecule has 0 saturated heterocycles. The molecule has 0 saturated carbocycles. The molecule has 2 N–H and O–H groups in total. The zero-order valence-corrected chi connectivity index (χ0v) is 51.7. The first-order chi connectivity index (χ1) is 35.9. The molecular formula is C61H60BBrCl2N2Na2O5P2Pd. The topological polar surface area (TPSA) is 116 Å². The number of halogens is 3. The van der Waals surface area contributed by atoms with Crippen LogP contribution in [0.5, 0.6) is 0 Å². The molecule has 0 aliphatic heterocycles. The molecule has 0 aliphatic carbocycles. The first-order valence-electron chi connectivity index (χ1n) is 22.3. The number of carbonyl (C=O) groups is 1. The number of rotatable bonds is 9. The van der Waals surface area contributed by atoms with Gasteiger partial charge in [-0.25, -0.2) is 0 Å². The fourth-order valence-electron chi connectivity index (χ4n) is 6.49. The number of benzene rings is 8. The van der Waals surface area contributed by atoms with Crippen LogP contribution in [-0.4, -0.2) is 33.6 Å². The van der Waals surface area contributed by atoms with Crippen molar-refractivity contribution in [3.8, 4) is 11.1 Å². The largest absolute Gasteiger partial charge is 1.00 e. The Kier molecular flexibility index (Phi) is 44.5. The Bertz CT molecular complexity index is 2560. The third-order valence-corrected chi connectivity index (χ3v) is 15.0. The van der Waals surface area contributed by atoms with E-state index in [0.29, 0.717) is 5.46 Å². The van der Waals surface area contributed by atoms with Gasteiger partial charge in [0.2, 0.25) is 0 Å². The van der Waals surface area contributed by atoms with E-state index in [0.717, 1.165) is 10.0 Å². The third-order valence-electron chi connectivity index (χ3n) is 9.62. The van der Waals surface area contributed by atoms with Crippen LogP contribution >= 0.6 is 50.8 Å². The minimum absolute atomic E-state index is 0.